The summed E-state index contributed by atoms with van der Waals surface area (Å²) >= 11 is 0. The van der Waals surface area contributed by atoms with E-state index in [1.54, 1.807) is 6.20 Å². The predicted molar refractivity (Wildman–Crippen MR) is 123 cm³/mol. The van der Waals surface area contributed by atoms with Gasteiger partial charge in [-0.3, -0.25) is 0 Å². The Balaban J connectivity index is 1.33. The third-order valence-electron chi connectivity index (χ3n) is 6.04. The van der Waals surface area contributed by atoms with Crippen LogP contribution in [0, 0.1) is 0 Å². The van der Waals surface area contributed by atoms with E-state index in [1.165, 1.54) is 18.4 Å². The van der Waals surface area contributed by atoms with Crippen molar-refractivity contribution in [1.29, 1.82) is 0 Å². The van der Waals surface area contributed by atoms with Crippen LogP contribution in [-0.4, -0.2) is 65.5 Å². The third kappa shape index (κ3) is 6.08. The van der Waals surface area contributed by atoms with Gasteiger partial charge in [0.1, 0.15) is 0 Å². The Morgan fingerprint density at radius 1 is 1.23 bits per heavy atom. The molecule has 1 aromatic carbocycles. The van der Waals surface area contributed by atoms with Crippen molar-refractivity contribution < 1.29 is 9.47 Å². The Kier molecular flexibility index (Phi) is 7.96. The summed E-state index contributed by atoms with van der Waals surface area (Å²) < 4.78 is 14.0. The first kappa shape index (κ1) is 21.8. The van der Waals surface area contributed by atoms with Gasteiger partial charge in [0, 0.05) is 38.6 Å². The largest absolute Gasteiger partial charge is 0.376 e. The summed E-state index contributed by atoms with van der Waals surface area (Å²) in [6, 6.07) is 8.36. The number of hydrogen-bond acceptors (Lipinski definition) is 4. The quantitative estimate of drug-likeness (QED) is 0.544. The molecule has 2 aromatic rings. The second kappa shape index (κ2) is 11.3. The molecule has 7 nitrogen and oxygen atoms in total. The Morgan fingerprint density at radius 2 is 2.10 bits per heavy atom. The number of benzene rings is 1. The number of nitrogens with one attached hydrogen (secondary N) is 1. The van der Waals surface area contributed by atoms with Gasteiger partial charge in [-0.25, -0.2) is 9.98 Å². The average molecular weight is 426 g/mol. The van der Waals surface area contributed by atoms with Crippen LogP contribution in [0.2, 0.25) is 0 Å². The van der Waals surface area contributed by atoms with Crippen molar-refractivity contribution in [1.82, 2.24) is 19.8 Å². The molecular weight excluding hydrogens is 390 g/mol. The van der Waals surface area contributed by atoms with Crippen molar-refractivity contribution in [3.8, 4) is 5.69 Å². The first-order valence-corrected chi connectivity index (χ1v) is 11.7. The van der Waals surface area contributed by atoms with E-state index in [9.17, 15) is 0 Å². The van der Waals surface area contributed by atoms with Crippen LogP contribution in [0.3, 0.4) is 0 Å². The highest BCUT2D eigenvalue weighted by Crippen LogP contribution is 2.19. The zero-order valence-electron chi connectivity index (χ0n) is 18.6. The standard InChI is InChI=1S/C24H35N5O2/c1-2-26-24(27-17-20-7-3-4-9-23(20)29-15-12-25-19-29)28-13-10-21(11-14-28)31-18-22-8-5-6-16-30-22/h3-4,7,9,12,15,19,21-22H,2,5-6,8,10-11,13-14,16-18H2,1H3,(H,26,27). The van der Waals surface area contributed by atoms with Crippen molar-refractivity contribution in [3.63, 3.8) is 0 Å². The van der Waals surface area contributed by atoms with E-state index in [2.05, 4.69) is 46.4 Å². The molecule has 1 N–H and O–H groups in total. The van der Waals surface area contributed by atoms with Crippen molar-refractivity contribution in [2.45, 2.75) is 57.8 Å². The maximum Gasteiger partial charge on any atom is 0.194 e. The number of aliphatic imine (C=N–C) groups is 1. The number of nitrogens with zero attached hydrogens (tertiary/aromatic N) is 4. The summed E-state index contributed by atoms with van der Waals surface area (Å²) in [5.74, 6) is 0.983. The predicted octanol–water partition coefficient (Wildman–Crippen LogP) is 3.39. The molecule has 7 heteroatoms. The summed E-state index contributed by atoms with van der Waals surface area (Å²) in [6.45, 7) is 7.16. The van der Waals surface area contributed by atoms with Crippen LogP contribution in [0.4, 0.5) is 0 Å². The molecule has 2 aliphatic rings. The number of para-hydroxylation sites is 1. The van der Waals surface area contributed by atoms with E-state index < -0.39 is 0 Å². The van der Waals surface area contributed by atoms with Gasteiger partial charge >= 0.3 is 0 Å². The second-order valence-electron chi connectivity index (χ2n) is 8.28. The van der Waals surface area contributed by atoms with Gasteiger partial charge in [0.05, 0.1) is 37.4 Å². The molecule has 0 bridgehead atoms. The first-order chi connectivity index (χ1) is 15.3. The zero-order chi connectivity index (χ0) is 21.3. The minimum Gasteiger partial charge on any atom is -0.376 e. The summed E-state index contributed by atoms with van der Waals surface area (Å²) in [6.07, 6.45) is 11.9. The zero-order valence-corrected chi connectivity index (χ0v) is 18.6. The molecule has 4 rings (SSSR count). The van der Waals surface area contributed by atoms with Gasteiger partial charge in [-0.15, -0.1) is 0 Å². The number of piperidine rings is 1. The first-order valence-electron chi connectivity index (χ1n) is 11.7. The van der Waals surface area contributed by atoms with Crippen molar-refractivity contribution in [2.24, 2.45) is 4.99 Å². The summed E-state index contributed by atoms with van der Waals surface area (Å²) in [7, 11) is 0. The second-order valence-corrected chi connectivity index (χ2v) is 8.28. The number of ether oxygens (including phenoxy) is 2. The molecule has 2 fully saturated rings. The van der Waals surface area contributed by atoms with Gasteiger partial charge < -0.3 is 24.3 Å². The molecule has 2 saturated heterocycles. The topological polar surface area (TPSA) is 63.9 Å². The molecular formula is C24H35N5O2. The molecule has 31 heavy (non-hydrogen) atoms. The Bertz CT molecular complexity index is 809. The smallest absolute Gasteiger partial charge is 0.194 e. The lowest BCUT2D eigenvalue weighted by Crippen LogP contribution is -2.47. The molecule has 1 unspecified atom stereocenters. The number of likely N-dealkylation sites (tertiary alicyclic amines) is 1. The fourth-order valence-electron chi connectivity index (χ4n) is 4.30. The van der Waals surface area contributed by atoms with Crippen LogP contribution in [0.1, 0.15) is 44.6 Å². The van der Waals surface area contributed by atoms with Crippen molar-refractivity contribution in [2.75, 3.05) is 32.8 Å². The SMILES string of the molecule is CCNC(=NCc1ccccc1-n1ccnc1)N1CCC(OCC2CCCCO2)CC1. The van der Waals surface area contributed by atoms with E-state index in [4.69, 9.17) is 14.5 Å². The van der Waals surface area contributed by atoms with Crippen LogP contribution in [0.5, 0.6) is 0 Å². The number of guanidine groups is 1. The van der Waals surface area contributed by atoms with Crippen LogP contribution >= 0.6 is 0 Å². The Morgan fingerprint density at radius 3 is 2.84 bits per heavy atom. The van der Waals surface area contributed by atoms with Gasteiger partial charge in [-0.2, -0.15) is 0 Å². The fraction of sp³-hybridized carbons (Fsp3) is 0.583. The molecule has 1 atom stereocenters. The van der Waals surface area contributed by atoms with Crippen LogP contribution in [-0.2, 0) is 16.0 Å². The summed E-state index contributed by atoms with van der Waals surface area (Å²) in [5, 5.41) is 3.47. The number of hydrogen-bond donors (Lipinski definition) is 1. The number of aromatic nitrogens is 2. The lowest BCUT2D eigenvalue weighted by molar-refractivity contribution is -0.0721. The van der Waals surface area contributed by atoms with Crippen molar-refractivity contribution in [3.05, 3.63) is 48.5 Å². The van der Waals surface area contributed by atoms with Gasteiger partial charge in [0.25, 0.3) is 0 Å². The van der Waals surface area contributed by atoms with Crippen LogP contribution < -0.4 is 5.32 Å². The van der Waals surface area contributed by atoms with Gasteiger partial charge in [-0.05, 0) is 50.7 Å². The Labute approximate surface area is 185 Å². The minimum atomic E-state index is 0.293. The van der Waals surface area contributed by atoms with Gasteiger partial charge in [0.15, 0.2) is 5.96 Å². The van der Waals surface area contributed by atoms with Crippen LogP contribution in [0.15, 0.2) is 48.0 Å². The highest BCUT2D eigenvalue weighted by Gasteiger charge is 2.23. The maximum atomic E-state index is 6.18. The van der Waals surface area contributed by atoms with Crippen molar-refractivity contribution >= 4 is 5.96 Å². The average Bonchev–Trinajstić information content (AvgIpc) is 3.37. The molecule has 168 valence electrons. The summed E-state index contributed by atoms with van der Waals surface area (Å²) in [4.78, 5) is 11.5. The highest BCUT2D eigenvalue weighted by atomic mass is 16.5. The number of rotatable bonds is 7. The molecule has 0 radical (unpaired) electrons. The van der Waals surface area contributed by atoms with E-state index >= 15 is 0 Å². The normalized spacial score (nSPS) is 20.7. The van der Waals surface area contributed by atoms with Crippen LogP contribution in [0.25, 0.3) is 5.69 Å². The van der Waals surface area contributed by atoms with E-state index in [0.29, 0.717) is 18.8 Å². The molecule has 0 aliphatic carbocycles. The molecule has 0 saturated carbocycles. The van der Waals surface area contributed by atoms with Gasteiger partial charge in [0.2, 0.25) is 0 Å². The highest BCUT2D eigenvalue weighted by molar-refractivity contribution is 5.80. The molecule has 0 spiro atoms. The minimum absolute atomic E-state index is 0.293. The maximum absolute atomic E-state index is 6.18. The molecule has 3 heterocycles. The lowest BCUT2D eigenvalue weighted by atomic mass is 10.1. The summed E-state index contributed by atoms with van der Waals surface area (Å²) in [5.41, 5.74) is 2.30. The molecule has 1 aromatic heterocycles. The lowest BCUT2D eigenvalue weighted by Gasteiger charge is -2.35. The third-order valence-corrected chi connectivity index (χ3v) is 6.04. The fourth-order valence-corrected chi connectivity index (χ4v) is 4.30. The van der Waals surface area contributed by atoms with Gasteiger partial charge in [-0.1, -0.05) is 18.2 Å². The molecule has 2 aliphatic heterocycles. The van der Waals surface area contributed by atoms with E-state index in [0.717, 1.165) is 63.8 Å². The monoisotopic (exact) mass is 425 g/mol. The Hall–Kier alpha value is -2.38. The number of imidazole rings is 1. The van der Waals surface area contributed by atoms with E-state index in [1.807, 2.05) is 17.1 Å². The molecule has 0 amide bonds. The van der Waals surface area contributed by atoms with E-state index in [-0.39, 0.29) is 0 Å².